The molecule has 5 nitrogen and oxygen atoms in total. The molecule has 0 fully saturated rings. The summed E-state index contributed by atoms with van der Waals surface area (Å²) in [4.78, 5) is 11.7. The number of benzene rings is 1. The molecule has 0 saturated heterocycles. The highest BCUT2D eigenvalue weighted by Crippen LogP contribution is 2.18. The van der Waals surface area contributed by atoms with Gasteiger partial charge in [0.25, 0.3) is 0 Å². The van der Waals surface area contributed by atoms with Gasteiger partial charge in [0.1, 0.15) is 11.3 Å². The third-order valence-corrected chi connectivity index (χ3v) is 4.13. The highest BCUT2D eigenvalue weighted by Gasteiger charge is 2.20. The number of aliphatic hydroxyl groups is 1. The molecule has 3 N–H and O–H groups in total. The number of hydrogen-bond donors (Lipinski definition) is 3. The molecule has 0 radical (unpaired) electrons. The van der Waals surface area contributed by atoms with E-state index in [1.807, 2.05) is 36.6 Å². The number of urea groups is 1. The normalized spacial score (nSPS) is 13.8. The average molecular weight is 322 g/mol. The lowest BCUT2D eigenvalue weighted by molar-refractivity contribution is 0.0869. The summed E-state index contributed by atoms with van der Waals surface area (Å²) < 4.78 is 5.68. The number of fused-ring (bicyclic) bond motifs is 1. The maximum Gasteiger partial charge on any atom is 0.314 e. The van der Waals surface area contributed by atoms with Crippen molar-refractivity contribution >= 4 is 28.8 Å². The van der Waals surface area contributed by atoms with E-state index in [1.165, 1.54) is 0 Å². The number of amides is 2. The number of para-hydroxylation sites is 1. The molecule has 1 unspecified atom stereocenters. The third-order valence-electron chi connectivity index (χ3n) is 3.22. The Morgan fingerprint density at radius 2 is 2.14 bits per heavy atom. The van der Waals surface area contributed by atoms with Crippen molar-refractivity contribution in [3.8, 4) is 0 Å². The molecule has 0 aliphatic heterocycles. The first-order valence-corrected chi connectivity index (χ1v) is 8.60. The second-order valence-corrected chi connectivity index (χ2v) is 6.41. The summed E-state index contributed by atoms with van der Waals surface area (Å²) in [7, 11) is 0. The van der Waals surface area contributed by atoms with Crippen LogP contribution in [0.15, 0.2) is 34.7 Å². The van der Waals surface area contributed by atoms with Gasteiger partial charge < -0.3 is 20.2 Å². The van der Waals surface area contributed by atoms with Crippen LogP contribution in [0.2, 0.25) is 0 Å². The van der Waals surface area contributed by atoms with Crippen molar-refractivity contribution in [2.24, 2.45) is 0 Å². The molecule has 22 heavy (non-hydrogen) atoms. The van der Waals surface area contributed by atoms with Gasteiger partial charge in [-0.05, 0) is 25.3 Å². The molecule has 0 aliphatic carbocycles. The number of thioether (sulfide) groups is 1. The van der Waals surface area contributed by atoms with E-state index in [0.717, 1.165) is 16.7 Å². The number of carbonyl (C=O) groups is 1. The largest absolute Gasteiger partial charge is 0.461 e. The number of nitrogens with one attached hydrogen (secondary N) is 2. The van der Waals surface area contributed by atoms with E-state index >= 15 is 0 Å². The lowest BCUT2D eigenvalue weighted by atomic mass is 10.1. The molecular formula is C16H22N2O3S. The van der Waals surface area contributed by atoms with Gasteiger partial charge in [-0.3, -0.25) is 0 Å². The minimum Gasteiger partial charge on any atom is -0.461 e. The van der Waals surface area contributed by atoms with Gasteiger partial charge in [0, 0.05) is 30.6 Å². The van der Waals surface area contributed by atoms with Crippen LogP contribution in [0.5, 0.6) is 0 Å². The predicted molar refractivity (Wildman–Crippen MR) is 90.3 cm³/mol. The molecule has 0 saturated carbocycles. The van der Waals surface area contributed by atoms with Gasteiger partial charge in [-0.1, -0.05) is 18.2 Å². The monoisotopic (exact) mass is 322 g/mol. The van der Waals surface area contributed by atoms with E-state index in [2.05, 4.69) is 10.6 Å². The van der Waals surface area contributed by atoms with Crippen LogP contribution in [-0.4, -0.2) is 41.8 Å². The Morgan fingerprint density at radius 3 is 2.86 bits per heavy atom. The van der Waals surface area contributed by atoms with Gasteiger partial charge in [-0.15, -0.1) is 0 Å². The van der Waals surface area contributed by atoms with E-state index in [0.29, 0.717) is 18.7 Å². The van der Waals surface area contributed by atoms with Gasteiger partial charge in [0.2, 0.25) is 0 Å². The van der Waals surface area contributed by atoms with Gasteiger partial charge in [-0.25, -0.2) is 4.79 Å². The van der Waals surface area contributed by atoms with Crippen molar-refractivity contribution in [2.75, 3.05) is 25.1 Å². The number of carbonyl (C=O) groups excluding carboxylic acids is 1. The number of rotatable bonds is 7. The maximum atomic E-state index is 11.7. The fourth-order valence-electron chi connectivity index (χ4n) is 2.15. The molecule has 1 heterocycles. The van der Waals surface area contributed by atoms with Crippen molar-refractivity contribution in [1.29, 1.82) is 0 Å². The second kappa shape index (κ2) is 7.56. The molecule has 0 spiro atoms. The van der Waals surface area contributed by atoms with Crippen molar-refractivity contribution < 1.29 is 14.3 Å². The quantitative estimate of drug-likeness (QED) is 0.732. The molecule has 2 aromatic rings. The highest BCUT2D eigenvalue weighted by molar-refractivity contribution is 7.98. The minimum absolute atomic E-state index is 0.226. The molecule has 1 atom stereocenters. The summed E-state index contributed by atoms with van der Waals surface area (Å²) in [6.45, 7) is 2.42. The first-order chi connectivity index (χ1) is 10.5. The van der Waals surface area contributed by atoms with Crippen LogP contribution in [0.25, 0.3) is 11.0 Å². The molecule has 6 heteroatoms. The van der Waals surface area contributed by atoms with Crippen LogP contribution in [0.1, 0.15) is 12.7 Å². The molecular weight excluding hydrogens is 300 g/mol. The van der Waals surface area contributed by atoms with Crippen LogP contribution in [0, 0.1) is 0 Å². The third kappa shape index (κ3) is 4.96. The Bertz CT molecular complexity index is 592. The fraction of sp³-hybridized carbons (Fsp3) is 0.438. The fourth-order valence-corrected chi connectivity index (χ4v) is 2.88. The van der Waals surface area contributed by atoms with Crippen LogP contribution in [0.3, 0.4) is 0 Å². The zero-order valence-corrected chi connectivity index (χ0v) is 13.7. The standard InChI is InChI=1S/C16H22N2O3S/c1-16(20,11-22-2)10-18-15(19)17-8-7-13-9-12-5-3-4-6-14(12)21-13/h3-6,9,20H,7-8,10-11H2,1-2H3,(H2,17,18,19). The number of hydrogen-bond acceptors (Lipinski definition) is 4. The summed E-state index contributed by atoms with van der Waals surface area (Å²) in [5.74, 6) is 1.42. The second-order valence-electron chi connectivity index (χ2n) is 5.54. The SMILES string of the molecule is CSCC(C)(O)CNC(=O)NCCc1cc2ccccc2o1. The molecule has 2 amide bonds. The number of furan rings is 1. The summed E-state index contributed by atoms with van der Waals surface area (Å²) >= 11 is 1.54. The van der Waals surface area contributed by atoms with Gasteiger partial charge in [-0.2, -0.15) is 11.8 Å². The summed E-state index contributed by atoms with van der Waals surface area (Å²) in [5.41, 5.74) is -0.0368. The first kappa shape index (κ1) is 16.7. The van der Waals surface area contributed by atoms with Crippen molar-refractivity contribution in [2.45, 2.75) is 18.9 Å². The molecule has 1 aromatic carbocycles. The summed E-state index contributed by atoms with van der Waals surface area (Å²) in [6.07, 6.45) is 2.55. The molecule has 0 aliphatic rings. The Balaban J connectivity index is 1.72. The van der Waals surface area contributed by atoms with Crippen molar-refractivity contribution in [3.63, 3.8) is 0 Å². The van der Waals surface area contributed by atoms with Crippen LogP contribution >= 0.6 is 11.8 Å². The van der Waals surface area contributed by atoms with E-state index in [-0.39, 0.29) is 12.6 Å². The maximum absolute atomic E-state index is 11.7. The smallest absolute Gasteiger partial charge is 0.314 e. The summed E-state index contributed by atoms with van der Waals surface area (Å²) in [5, 5.41) is 16.5. The predicted octanol–water partition coefficient (Wildman–Crippen LogP) is 2.39. The Morgan fingerprint density at radius 1 is 1.36 bits per heavy atom. The summed E-state index contributed by atoms with van der Waals surface area (Å²) in [6, 6.07) is 9.52. The minimum atomic E-state index is -0.893. The Kier molecular flexibility index (Phi) is 5.74. The van der Waals surface area contributed by atoms with Gasteiger partial charge in [0.05, 0.1) is 5.60 Å². The zero-order valence-electron chi connectivity index (χ0n) is 12.9. The van der Waals surface area contributed by atoms with Crippen LogP contribution in [-0.2, 0) is 6.42 Å². The highest BCUT2D eigenvalue weighted by atomic mass is 32.2. The lowest BCUT2D eigenvalue weighted by Gasteiger charge is -2.22. The average Bonchev–Trinajstić information content (AvgIpc) is 2.88. The van der Waals surface area contributed by atoms with E-state index in [4.69, 9.17) is 4.42 Å². The van der Waals surface area contributed by atoms with Crippen molar-refractivity contribution in [1.82, 2.24) is 10.6 Å². The van der Waals surface area contributed by atoms with Crippen LogP contribution < -0.4 is 10.6 Å². The molecule has 1 aromatic heterocycles. The van der Waals surface area contributed by atoms with E-state index < -0.39 is 5.60 Å². The molecule has 120 valence electrons. The molecule has 0 bridgehead atoms. The van der Waals surface area contributed by atoms with E-state index in [9.17, 15) is 9.90 Å². The van der Waals surface area contributed by atoms with Gasteiger partial charge >= 0.3 is 6.03 Å². The van der Waals surface area contributed by atoms with E-state index in [1.54, 1.807) is 18.7 Å². The van der Waals surface area contributed by atoms with Crippen LogP contribution in [0.4, 0.5) is 4.79 Å². The molecule has 2 rings (SSSR count). The first-order valence-electron chi connectivity index (χ1n) is 7.21. The van der Waals surface area contributed by atoms with Crippen molar-refractivity contribution in [3.05, 3.63) is 36.1 Å². The topological polar surface area (TPSA) is 74.5 Å². The zero-order chi connectivity index (χ0) is 16.0. The Labute approximate surface area is 134 Å². The lowest BCUT2D eigenvalue weighted by Crippen LogP contribution is -2.46. The Hall–Kier alpha value is -1.66. The van der Waals surface area contributed by atoms with Gasteiger partial charge in [0.15, 0.2) is 0 Å².